The average molecular weight is 320 g/mol. The lowest BCUT2D eigenvalue weighted by Gasteiger charge is -2.21. The number of rotatable bonds is 2. The second kappa shape index (κ2) is 5.84. The number of carbonyl (C=O) groups is 2. The molecule has 2 N–H and O–H groups in total. The third kappa shape index (κ3) is 3.60. The summed E-state index contributed by atoms with van der Waals surface area (Å²) in [5, 5.41) is 11.3. The van der Waals surface area contributed by atoms with E-state index in [0.717, 1.165) is 17.0 Å². The van der Waals surface area contributed by atoms with Crippen LogP contribution in [0.15, 0.2) is 24.3 Å². The quantitative estimate of drug-likeness (QED) is 0.879. The van der Waals surface area contributed by atoms with Gasteiger partial charge in [-0.05, 0) is 18.2 Å². The van der Waals surface area contributed by atoms with E-state index in [9.17, 15) is 22.8 Å². The first-order valence-corrected chi connectivity index (χ1v) is 7.00. The van der Waals surface area contributed by atoms with Gasteiger partial charge in [0.1, 0.15) is 6.04 Å². The molecule has 0 aliphatic carbocycles. The molecule has 0 bridgehead atoms. The number of nitrogens with zero attached hydrogens (tertiary/aromatic N) is 1. The first-order valence-electron chi connectivity index (χ1n) is 5.84. The van der Waals surface area contributed by atoms with Gasteiger partial charge in [0, 0.05) is 11.4 Å². The fourth-order valence-corrected chi connectivity index (χ4v) is 2.96. The Morgan fingerprint density at radius 3 is 2.71 bits per heavy atom. The van der Waals surface area contributed by atoms with Crippen molar-refractivity contribution in [3.8, 4) is 0 Å². The molecule has 0 saturated carbocycles. The zero-order valence-corrected chi connectivity index (χ0v) is 11.4. The number of carboxylic acids is 1. The minimum Gasteiger partial charge on any atom is -0.480 e. The van der Waals surface area contributed by atoms with Crippen LogP contribution >= 0.6 is 11.8 Å². The van der Waals surface area contributed by atoms with Gasteiger partial charge >= 0.3 is 18.2 Å². The van der Waals surface area contributed by atoms with Crippen molar-refractivity contribution in [1.29, 1.82) is 0 Å². The minimum absolute atomic E-state index is 0.0316. The van der Waals surface area contributed by atoms with Crippen LogP contribution in [0.2, 0.25) is 0 Å². The van der Waals surface area contributed by atoms with Gasteiger partial charge in [-0.1, -0.05) is 6.07 Å². The van der Waals surface area contributed by atoms with E-state index in [1.54, 1.807) is 0 Å². The van der Waals surface area contributed by atoms with Crippen molar-refractivity contribution in [2.24, 2.45) is 0 Å². The largest absolute Gasteiger partial charge is 0.480 e. The maximum absolute atomic E-state index is 12.6. The van der Waals surface area contributed by atoms with Crippen molar-refractivity contribution >= 4 is 29.4 Å². The molecule has 1 fully saturated rings. The van der Waals surface area contributed by atoms with E-state index in [2.05, 4.69) is 5.32 Å². The van der Waals surface area contributed by atoms with Crippen LogP contribution < -0.4 is 5.32 Å². The number of thioether (sulfide) groups is 1. The van der Waals surface area contributed by atoms with Crippen molar-refractivity contribution in [3.63, 3.8) is 0 Å². The summed E-state index contributed by atoms with van der Waals surface area (Å²) in [6.07, 6.45) is -4.51. The van der Waals surface area contributed by atoms with Crippen molar-refractivity contribution < 1.29 is 27.9 Å². The number of urea groups is 1. The molecule has 114 valence electrons. The fourth-order valence-electron chi connectivity index (χ4n) is 1.82. The molecule has 1 atom stereocenters. The SMILES string of the molecule is O=C(O)C1CSCN1C(=O)Nc1cccc(C(F)(F)F)c1. The van der Waals surface area contributed by atoms with Gasteiger partial charge in [0.05, 0.1) is 11.4 Å². The summed E-state index contributed by atoms with van der Waals surface area (Å²) in [5.41, 5.74) is -0.915. The average Bonchev–Trinajstić information content (AvgIpc) is 2.87. The molecule has 0 aromatic heterocycles. The highest BCUT2D eigenvalue weighted by Gasteiger charge is 2.35. The Morgan fingerprint density at radius 2 is 2.10 bits per heavy atom. The predicted molar refractivity (Wildman–Crippen MR) is 71.1 cm³/mol. The van der Waals surface area contributed by atoms with Crippen LogP contribution in [-0.2, 0) is 11.0 Å². The van der Waals surface area contributed by atoms with E-state index >= 15 is 0 Å². The van der Waals surface area contributed by atoms with Gasteiger partial charge < -0.3 is 15.3 Å². The maximum Gasteiger partial charge on any atom is 0.416 e. The van der Waals surface area contributed by atoms with Crippen molar-refractivity contribution in [1.82, 2.24) is 4.90 Å². The Hall–Kier alpha value is -1.90. The van der Waals surface area contributed by atoms with Crippen LogP contribution in [-0.4, -0.2) is 39.7 Å². The summed E-state index contributed by atoms with van der Waals surface area (Å²) in [5.74, 6) is -0.702. The van der Waals surface area contributed by atoms with Crippen LogP contribution in [0.1, 0.15) is 5.56 Å². The second-order valence-corrected chi connectivity index (χ2v) is 5.33. The molecule has 1 saturated heterocycles. The van der Waals surface area contributed by atoms with E-state index in [4.69, 9.17) is 5.11 Å². The van der Waals surface area contributed by atoms with Crippen LogP contribution in [0.3, 0.4) is 0 Å². The third-order valence-corrected chi connectivity index (χ3v) is 3.88. The third-order valence-electron chi connectivity index (χ3n) is 2.87. The number of hydrogen-bond acceptors (Lipinski definition) is 3. The zero-order valence-electron chi connectivity index (χ0n) is 10.6. The number of anilines is 1. The second-order valence-electron chi connectivity index (χ2n) is 4.33. The normalized spacial score (nSPS) is 18.6. The van der Waals surface area contributed by atoms with Crippen molar-refractivity contribution in [3.05, 3.63) is 29.8 Å². The van der Waals surface area contributed by atoms with Crippen LogP contribution in [0.5, 0.6) is 0 Å². The molecule has 21 heavy (non-hydrogen) atoms. The molecule has 9 heteroatoms. The zero-order chi connectivity index (χ0) is 15.6. The molecule has 1 aliphatic heterocycles. The van der Waals surface area contributed by atoms with E-state index in [1.807, 2.05) is 0 Å². The van der Waals surface area contributed by atoms with Crippen molar-refractivity contribution in [2.75, 3.05) is 16.9 Å². The maximum atomic E-state index is 12.6. The van der Waals surface area contributed by atoms with Gasteiger partial charge in [0.15, 0.2) is 0 Å². The number of aliphatic carboxylic acids is 1. The molecule has 1 heterocycles. The fraction of sp³-hybridized carbons (Fsp3) is 0.333. The van der Waals surface area contributed by atoms with Gasteiger partial charge in [-0.15, -0.1) is 11.8 Å². The summed E-state index contributed by atoms with van der Waals surface area (Å²) >= 11 is 1.27. The molecule has 1 unspecified atom stereocenters. The Balaban J connectivity index is 2.11. The lowest BCUT2D eigenvalue weighted by Crippen LogP contribution is -2.43. The van der Waals surface area contributed by atoms with E-state index in [1.165, 1.54) is 23.9 Å². The Labute approximate surface area is 122 Å². The van der Waals surface area contributed by atoms with Gasteiger partial charge in [-0.3, -0.25) is 0 Å². The molecule has 1 aliphatic rings. The highest BCUT2D eigenvalue weighted by atomic mass is 32.2. The number of amides is 2. The molecule has 0 radical (unpaired) electrons. The van der Waals surface area contributed by atoms with E-state index < -0.39 is 29.8 Å². The number of nitrogens with one attached hydrogen (secondary N) is 1. The molecular weight excluding hydrogens is 309 g/mol. The molecule has 0 spiro atoms. The Morgan fingerprint density at radius 1 is 1.38 bits per heavy atom. The van der Waals surface area contributed by atoms with Crippen LogP contribution in [0, 0.1) is 0 Å². The predicted octanol–water partition coefficient (Wildman–Crippen LogP) is 2.70. The van der Waals surface area contributed by atoms with Crippen LogP contribution in [0.25, 0.3) is 0 Å². The van der Waals surface area contributed by atoms with Gasteiger partial charge in [-0.25, -0.2) is 9.59 Å². The van der Waals surface area contributed by atoms with Crippen LogP contribution in [0.4, 0.5) is 23.7 Å². The summed E-state index contributed by atoms with van der Waals surface area (Å²) in [6, 6.07) is 2.48. The van der Waals surface area contributed by atoms with Gasteiger partial charge in [-0.2, -0.15) is 13.2 Å². The molecule has 5 nitrogen and oxygen atoms in total. The van der Waals surface area contributed by atoms with E-state index in [-0.39, 0.29) is 17.3 Å². The lowest BCUT2D eigenvalue weighted by atomic mass is 10.2. The van der Waals surface area contributed by atoms with E-state index in [0.29, 0.717) is 0 Å². The highest BCUT2D eigenvalue weighted by Crippen LogP contribution is 2.31. The smallest absolute Gasteiger partial charge is 0.416 e. The summed E-state index contributed by atoms with van der Waals surface area (Å²) in [6.45, 7) is 0. The number of alkyl halides is 3. The number of carbonyl (C=O) groups excluding carboxylic acids is 1. The summed E-state index contributed by atoms with van der Waals surface area (Å²) in [7, 11) is 0. The Bertz CT molecular complexity index is 565. The first-order chi connectivity index (χ1) is 9.79. The standard InChI is InChI=1S/C12H11F3N2O3S/c13-12(14,15)7-2-1-3-8(4-7)16-11(20)17-6-21-5-9(17)10(18)19/h1-4,9H,5-6H2,(H,16,20)(H,18,19). The molecule has 1 aromatic carbocycles. The molecular formula is C12H11F3N2O3S. The molecule has 2 rings (SSSR count). The topological polar surface area (TPSA) is 69.6 Å². The Kier molecular flexibility index (Phi) is 4.31. The summed E-state index contributed by atoms with van der Waals surface area (Å²) in [4.78, 5) is 24.0. The minimum atomic E-state index is -4.51. The monoisotopic (exact) mass is 320 g/mol. The number of hydrogen-bond donors (Lipinski definition) is 2. The number of benzene rings is 1. The first kappa shape index (κ1) is 15.5. The van der Waals surface area contributed by atoms with Gasteiger partial charge in [0.2, 0.25) is 0 Å². The van der Waals surface area contributed by atoms with Crippen molar-refractivity contribution in [2.45, 2.75) is 12.2 Å². The lowest BCUT2D eigenvalue weighted by molar-refractivity contribution is -0.140. The molecule has 1 aromatic rings. The van der Waals surface area contributed by atoms with Gasteiger partial charge in [0.25, 0.3) is 0 Å². The number of carboxylic acid groups (broad SMARTS) is 1. The highest BCUT2D eigenvalue weighted by molar-refractivity contribution is 7.99. The molecule has 2 amide bonds. The number of halogens is 3. The summed E-state index contributed by atoms with van der Waals surface area (Å²) < 4.78 is 37.7.